The standard InChI is InChI=1S/C14H14F4O4/c1-3-4-11(19)9-5-7-10(8-6-9)22-12(20)13(15,21-2)14(16,17)18/h5-8H,3-4H2,1-2H3/t13-/m1/s1. The van der Waals surface area contributed by atoms with Gasteiger partial charge in [0.05, 0.1) is 0 Å². The van der Waals surface area contributed by atoms with Crippen LogP contribution in [0.2, 0.25) is 0 Å². The Labute approximate surface area is 124 Å². The molecule has 0 aromatic heterocycles. The van der Waals surface area contributed by atoms with Gasteiger partial charge < -0.3 is 9.47 Å². The Bertz CT molecular complexity index is 539. The molecule has 0 aliphatic carbocycles. The average Bonchev–Trinajstić information content (AvgIpc) is 2.46. The number of alkyl halides is 4. The molecule has 0 aliphatic rings. The van der Waals surface area contributed by atoms with Gasteiger partial charge in [0.1, 0.15) is 5.75 Å². The summed E-state index contributed by atoms with van der Waals surface area (Å²) in [6.45, 7) is 1.82. The van der Waals surface area contributed by atoms with Gasteiger partial charge >= 0.3 is 18.0 Å². The van der Waals surface area contributed by atoms with Crippen LogP contribution < -0.4 is 4.74 Å². The Balaban J connectivity index is 2.87. The summed E-state index contributed by atoms with van der Waals surface area (Å²) in [6, 6.07) is 4.77. The molecular weight excluding hydrogens is 308 g/mol. The van der Waals surface area contributed by atoms with Crippen molar-refractivity contribution < 1.29 is 36.6 Å². The van der Waals surface area contributed by atoms with Crippen LogP contribution in [0.3, 0.4) is 0 Å². The quantitative estimate of drug-likeness (QED) is 0.348. The Kier molecular flexibility index (Phi) is 5.65. The zero-order valence-electron chi connectivity index (χ0n) is 11.9. The number of Topliss-reactive ketones (excluding diaryl/α,β-unsaturated/α-hetero) is 1. The van der Waals surface area contributed by atoms with Crippen LogP contribution >= 0.6 is 0 Å². The zero-order valence-corrected chi connectivity index (χ0v) is 11.9. The van der Waals surface area contributed by atoms with E-state index in [0.29, 0.717) is 25.5 Å². The topological polar surface area (TPSA) is 52.6 Å². The van der Waals surface area contributed by atoms with Crippen molar-refractivity contribution in [3.63, 3.8) is 0 Å². The highest BCUT2D eigenvalue weighted by Gasteiger charge is 2.64. The number of carbonyl (C=O) groups excluding carboxylic acids is 2. The summed E-state index contributed by atoms with van der Waals surface area (Å²) in [7, 11) is 0.404. The molecule has 0 spiro atoms. The number of benzene rings is 1. The molecule has 0 heterocycles. The van der Waals surface area contributed by atoms with Crippen LogP contribution in [0.15, 0.2) is 24.3 Å². The van der Waals surface area contributed by atoms with E-state index in [1.165, 1.54) is 12.1 Å². The van der Waals surface area contributed by atoms with Crippen LogP contribution in [0.25, 0.3) is 0 Å². The maximum atomic E-state index is 13.5. The van der Waals surface area contributed by atoms with Crippen molar-refractivity contribution in [1.82, 2.24) is 0 Å². The van der Waals surface area contributed by atoms with E-state index in [2.05, 4.69) is 9.47 Å². The molecule has 0 fully saturated rings. The molecule has 0 radical (unpaired) electrons. The Morgan fingerprint density at radius 1 is 1.09 bits per heavy atom. The first-order valence-corrected chi connectivity index (χ1v) is 6.32. The number of hydrogen-bond acceptors (Lipinski definition) is 4. The number of carbonyl (C=O) groups is 2. The van der Waals surface area contributed by atoms with Gasteiger partial charge in [-0.2, -0.15) is 17.6 Å². The van der Waals surface area contributed by atoms with E-state index >= 15 is 0 Å². The van der Waals surface area contributed by atoms with Crippen molar-refractivity contribution in [1.29, 1.82) is 0 Å². The summed E-state index contributed by atoms with van der Waals surface area (Å²) in [4.78, 5) is 22.9. The van der Waals surface area contributed by atoms with Crippen LogP contribution in [-0.4, -0.2) is 30.9 Å². The van der Waals surface area contributed by atoms with Gasteiger partial charge in [-0.1, -0.05) is 6.92 Å². The SMILES string of the molecule is CCCC(=O)c1ccc(OC(=O)[C@@](F)(OC)C(F)(F)F)cc1. The molecule has 0 aliphatic heterocycles. The molecule has 0 N–H and O–H groups in total. The summed E-state index contributed by atoms with van der Waals surface area (Å²) in [5.74, 6) is -7.28. The molecule has 1 aromatic rings. The fourth-order valence-corrected chi connectivity index (χ4v) is 1.57. The van der Waals surface area contributed by atoms with Crippen molar-refractivity contribution >= 4 is 11.8 Å². The molecular formula is C14H14F4O4. The summed E-state index contributed by atoms with van der Waals surface area (Å²) in [6.07, 6.45) is -4.63. The van der Waals surface area contributed by atoms with Crippen LogP contribution in [0.5, 0.6) is 5.75 Å². The molecule has 1 atom stereocenters. The first-order valence-electron chi connectivity index (χ1n) is 6.32. The largest absolute Gasteiger partial charge is 0.460 e. The first kappa shape index (κ1) is 18.1. The lowest BCUT2D eigenvalue weighted by atomic mass is 10.1. The average molecular weight is 322 g/mol. The van der Waals surface area contributed by atoms with E-state index in [1.807, 2.05) is 6.92 Å². The maximum absolute atomic E-state index is 13.5. The van der Waals surface area contributed by atoms with Gasteiger partial charge in [0, 0.05) is 19.1 Å². The third kappa shape index (κ3) is 3.82. The lowest BCUT2D eigenvalue weighted by molar-refractivity contribution is -0.313. The monoisotopic (exact) mass is 322 g/mol. The maximum Gasteiger partial charge on any atom is 0.460 e. The molecule has 0 unspecified atom stereocenters. The van der Waals surface area contributed by atoms with Crippen molar-refractivity contribution in [2.24, 2.45) is 0 Å². The van der Waals surface area contributed by atoms with E-state index in [1.54, 1.807) is 0 Å². The van der Waals surface area contributed by atoms with Gasteiger partial charge in [-0.15, -0.1) is 0 Å². The van der Waals surface area contributed by atoms with E-state index in [9.17, 15) is 27.2 Å². The molecule has 4 nitrogen and oxygen atoms in total. The molecule has 0 saturated carbocycles. The molecule has 22 heavy (non-hydrogen) atoms. The number of ether oxygens (including phenoxy) is 2. The Hall–Kier alpha value is -1.96. The van der Waals surface area contributed by atoms with Gasteiger partial charge in [0.2, 0.25) is 0 Å². The van der Waals surface area contributed by atoms with Crippen molar-refractivity contribution in [3.05, 3.63) is 29.8 Å². The van der Waals surface area contributed by atoms with E-state index in [-0.39, 0.29) is 11.5 Å². The Morgan fingerprint density at radius 3 is 2.05 bits per heavy atom. The number of halogens is 4. The van der Waals surface area contributed by atoms with Crippen LogP contribution in [-0.2, 0) is 9.53 Å². The fraction of sp³-hybridized carbons (Fsp3) is 0.429. The predicted octanol–water partition coefficient (Wildman–Crippen LogP) is 3.45. The number of ketones is 1. The van der Waals surface area contributed by atoms with Crippen molar-refractivity contribution in [3.8, 4) is 5.75 Å². The summed E-state index contributed by atoms with van der Waals surface area (Å²) < 4.78 is 58.9. The first-order chi connectivity index (χ1) is 10.2. The second-order valence-corrected chi connectivity index (χ2v) is 4.38. The molecule has 0 amide bonds. The minimum Gasteiger partial charge on any atom is -0.422 e. The fourth-order valence-electron chi connectivity index (χ4n) is 1.57. The summed E-state index contributed by atoms with van der Waals surface area (Å²) in [5, 5.41) is 0. The van der Waals surface area contributed by atoms with E-state index in [4.69, 9.17) is 0 Å². The van der Waals surface area contributed by atoms with Gasteiger partial charge in [0.25, 0.3) is 0 Å². The van der Waals surface area contributed by atoms with Gasteiger partial charge in [-0.3, -0.25) is 4.79 Å². The van der Waals surface area contributed by atoms with Gasteiger partial charge in [-0.05, 0) is 30.7 Å². The second-order valence-electron chi connectivity index (χ2n) is 4.38. The van der Waals surface area contributed by atoms with Gasteiger partial charge in [-0.25, -0.2) is 4.79 Å². The number of esters is 1. The van der Waals surface area contributed by atoms with Gasteiger partial charge in [0.15, 0.2) is 5.78 Å². The minimum atomic E-state index is -5.57. The molecule has 0 saturated heterocycles. The van der Waals surface area contributed by atoms with Crippen LogP contribution in [0.1, 0.15) is 30.1 Å². The molecule has 0 bridgehead atoms. The highest BCUT2D eigenvalue weighted by molar-refractivity contribution is 5.96. The minimum absolute atomic E-state index is 0.160. The van der Waals surface area contributed by atoms with E-state index < -0.39 is 18.0 Å². The zero-order chi connectivity index (χ0) is 17.0. The van der Waals surface area contributed by atoms with Crippen LogP contribution in [0, 0.1) is 0 Å². The summed E-state index contributed by atoms with van der Waals surface area (Å²) >= 11 is 0. The van der Waals surface area contributed by atoms with Crippen molar-refractivity contribution in [2.45, 2.75) is 31.8 Å². The lowest BCUT2D eigenvalue weighted by Crippen LogP contribution is -2.51. The lowest BCUT2D eigenvalue weighted by Gasteiger charge is -2.23. The van der Waals surface area contributed by atoms with Crippen LogP contribution in [0.4, 0.5) is 17.6 Å². The summed E-state index contributed by atoms with van der Waals surface area (Å²) in [5.41, 5.74) is 0.315. The highest BCUT2D eigenvalue weighted by atomic mass is 19.4. The Morgan fingerprint density at radius 2 is 1.64 bits per heavy atom. The molecule has 122 valence electrons. The molecule has 8 heteroatoms. The predicted molar refractivity (Wildman–Crippen MR) is 68.2 cm³/mol. The smallest absolute Gasteiger partial charge is 0.422 e. The third-order valence-electron chi connectivity index (χ3n) is 2.77. The number of hydrogen-bond donors (Lipinski definition) is 0. The third-order valence-corrected chi connectivity index (χ3v) is 2.77. The normalized spacial score (nSPS) is 14.3. The molecule has 1 rings (SSSR count). The number of rotatable bonds is 6. The number of methoxy groups -OCH3 is 1. The second kappa shape index (κ2) is 6.87. The highest BCUT2D eigenvalue weighted by Crippen LogP contribution is 2.36. The van der Waals surface area contributed by atoms with E-state index in [0.717, 1.165) is 12.1 Å². The van der Waals surface area contributed by atoms with Crippen molar-refractivity contribution in [2.75, 3.05) is 7.11 Å². The molecule has 1 aromatic carbocycles.